The highest BCUT2D eigenvalue weighted by molar-refractivity contribution is 7.92. The third-order valence-corrected chi connectivity index (χ3v) is 10.9. The Hall–Kier alpha value is -5.41. The maximum absolute atomic E-state index is 15.4. The fourth-order valence-electron chi connectivity index (χ4n) is 7.70. The van der Waals surface area contributed by atoms with E-state index < -0.39 is 88.4 Å². The van der Waals surface area contributed by atoms with E-state index in [1.54, 1.807) is 0 Å². The van der Waals surface area contributed by atoms with Crippen LogP contribution >= 0.6 is 11.6 Å². The van der Waals surface area contributed by atoms with Gasteiger partial charge in [0.2, 0.25) is 15.9 Å². The van der Waals surface area contributed by atoms with Crippen molar-refractivity contribution in [3.8, 4) is 5.75 Å². The van der Waals surface area contributed by atoms with Gasteiger partial charge in [0.1, 0.15) is 46.8 Å². The molecule has 1 fully saturated rings. The zero-order valence-electron chi connectivity index (χ0n) is 29.8. The van der Waals surface area contributed by atoms with E-state index in [1.807, 2.05) is 0 Å². The lowest BCUT2D eigenvalue weighted by molar-refractivity contribution is -0.122. The minimum Gasteiger partial charge on any atom is -0.495 e. The fourth-order valence-corrected chi connectivity index (χ4v) is 8.43. The van der Waals surface area contributed by atoms with Gasteiger partial charge < -0.3 is 15.2 Å². The number of ether oxygens (including phenoxy) is 1. The van der Waals surface area contributed by atoms with Gasteiger partial charge in [-0.25, -0.2) is 31.0 Å². The second-order valence-electron chi connectivity index (χ2n) is 13.9. The number of aliphatic hydroxyl groups excluding tert-OH is 1. The number of hydrogen-bond acceptors (Lipinski definition) is 10. The van der Waals surface area contributed by atoms with E-state index in [0.29, 0.717) is 10.7 Å². The number of hydrogen-bond donors (Lipinski definition) is 3. The van der Waals surface area contributed by atoms with Crippen molar-refractivity contribution in [3.05, 3.63) is 87.5 Å². The third-order valence-electron chi connectivity index (χ3n) is 10.0. The number of pyridine rings is 1. The van der Waals surface area contributed by atoms with Gasteiger partial charge in [0.15, 0.2) is 12.0 Å². The van der Waals surface area contributed by atoms with Crippen LogP contribution in [-0.4, -0.2) is 69.2 Å². The second kappa shape index (κ2) is 13.6. The first-order valence-corrected chi connectivity index (χ1v) is 19.4. The van der Waals surface area contributed by atoms with Crippen LogP contribution in [0.4, 0.5) is 43.5 Å². The number of nitrogens with one attached hydrogen (secondary N) is 2. The summed E-state index contributed by atoms with van der Waals surface area (Å²) in [5.74, 6) is -8.67. The number of carbonyl (C=O) groups is 1. The zero-order valence-corrected chi connectivity index (χ0v) is 31.4. The summed E-state index contributed by atoms with van der Waals surface area (Å²) in [7, 11) is -1.07. The molecule has 1 aliphatic heterocycles. The number of aliphatic imine (C=N–C) groups is 1. The average Bonchev–Trinajstić information content (AvgIpc) is 3.66. The molecule has 0 saturated heterocycles. The molecule has 2 aromatic carbocycles. The Kier molecular flexibility index (Phi) is 9.19. The lowest BCUT2D eigenvalue weighted by Gasteiger charge is -2.38. The molecule has 4 heterocycles. The van der Waals surface area contributed by atoms with Crippen molar-refractivity contribution in [2.24, 2.45) is 18.0 Å². The third kappa shape index (κ3) is 6.69. The number of alkyl halides is 4. The van der Waals surface area contributed by atoms with Gasteiger partial charge in [-0.2, -0.15) is 19.0 Å². The molecule has 3 aromatic heterocycles. The predicted octanol–water partition coefficient (Wildman–Crippen LogP) is 5.59. The van der Waals surface area contributed by atoms with Gasteiger partial charge in [-0.05, 0) is 42.2 Å². The molecular formula is C35H30ClF6N9O5S. The molecule has 57 heavy (non-hydrogen) atoms. The minimum absolute atomic E-state index is 0.00340. The summed E-state index contributed by atoms with van der Waals surface area (Å²) in [6, 6.07) is 5.37. The van der Waals surface area contributed by atoms with E-state index >= 15 is 8.78 Å². The first-order chi connectivity index (χ1) is 26.9. The first kappa shape index (κ1) is 38.5. The number of halogens is 7. The Morgan fingerprint density at radius 3 is 2.53 bits per heavy atom. The number of nitrogens with zero attached hydrogens (tertiary/aromatic N) is 7. The SMILES string of the molecule is COc1cnc2c(c1)N=C([C@H](Cc1cc(F)cc(F)c1)NC(=O)Cn1nc(C(F)F)c3c1C(F)(F)[C@@H]1C[C@H]31)N(c1ccc(Cl)c3c(NS(C)(=O)=O)nn(C)c13)C2O. The van der Waals surface area contributed by atoms with Crippen LogP contribution in [0.3, 0.4) is 0 Å². The fraction of sp³-hybridized carbons (Fsp3) is 0.343. The van der Waals surface area contributed by atoms with E-state index in [-0.39, 0.29) is 67.9 Å². The normalized spacial score (nSPS) is 19.9. The van der Waals surface area contributed by atoms with E-state index in [4.69, 9.17) is 21.3 Å². The molecule has 1 amide bonds. The van der Waals surface area contributed by atoms with Gasteiger partial charge in [-0.3, -0.25) is 28.8 Å². The minimum atomic E-state index is -3.89. The van der Waals surface area contributed by atoms with E-state index in [2.05, 4.69) is 25.2 Å². The number of amides is 1. The van der Waals surface area contributed by atoms with Crippen LogP contribution < -0.4 is 19.7 Å². The highest BCUT2D eigenvalue weighted by Gasteiger charge is 2.67. The monoisotopic (exact) mass is 837 g/mol. The lowest BCUT2D eigenvalue weighted by atomic mass is 10.0. The Morgan fingerprint density at radius 2 is 1.86 bits per heavy atom. The molecule has 5 aromatic rings. The highest BCUT2D eigenvalue weighted by Crippen LogP contribution is 2.68. The number of aryl methyl sites for hydroxylation is 1. The Morgan fingerprint density at radius 1 is 1.14 bits per heavy atom. The quantitative estimate of drug-likeness (QED) is 0.144. The molecule has 0 radical (unpaired) electrons. The average molecular weight is 838 g/mol. The summed E-state index contributed by atoms with van der Waals surface area (Å²) in [5, 5.41) is 22.9. The van der Waals surface area contributed by atoms with Crippen molar-refractivity contribution in [3.63, 3.8) is 0 Å². The van der Waals surface area contributed by atoms with Crippen LogP contribution in [0.25, 0.3) is 10.9 Å². The summed E-state index contributed by atoms with van der Waals surface area (Å²) in [6.07, 6.45) is -3.15. The summed E-state index contributed by atoms with van der Waals surface area (Å²) < 4.78 is 122. The molecule has 8 rings (SSSR count). The van der Waals surface area contributed by atoms with Crippen molar-refractivity contribution in [1.82, 2.24) is 29.9 Å². The second-order valence-corrected chi connectivity index (χ2v) is 16.1. The number of carbonyl (C=O) groups excluding carboxylic acids is 1. The van der Waals surface area contributed by atoms with Gasteiger partial charge in [0.25, 0.3) is 12.3 Å². The maximum Gasteiger partial charge on any atom is 0.293 e. The predicted molar refractivity (Wildman–Crippen MR) is 193 cm³/mol. The molecule has 22 heteroatoms. The molecular weight excluding hydrogens is 808 g/mol. The number of fused-ring (bicyclic) bond motifs is 5. The Labute approximate surface area is 324 Å². The van der Waals surface area contributed by atoms with Gasteiger partial charge in [0, 0.05) is 37.1 Å². The largest absolute Gasteiger partial charge is 0.495 e. The van der Waals surface area contributed by atoms with Crippen LogP contribution in [0.1, 0.15) is 53.2 Å². The number of amidine groups is 1. The van der Waals surface area contributed by atoms with Crippen LogP contribution in [0.15, 0.2) is 47.6 Å². The summed E-state index contributed by atoms with van der Waals surface area (Å²) in [5.41, 5.74) is -1.68. The molecule has 300 valence electrons. The summed E-state index contributed by atoms with van der Waals surface area (Å²) in [4.78, 5) is 24.2. The Balaban J connectivity index is 1.28. The van der Waals surface area contributed by atoms with Gasteiger partial charge in [0.05, 0.1) is 52.9 Å². The molecule has 2 aliphatic carbocycles. The number of benzene rings is 2. The Bertz CT molecular complexity index is 2620. The molecule has 1 saturated carbocycles. The number of anilines is 2. The summed E-state index contributed by atoms with van der Waals surface area (Å²) >= 11 is 6.58. The smallest absolute Gasteiger partial charge is 0.293 e. The number of aliphatic hydroxyl groups is 1. The van der Waals surface area contributed by atoms with Crippen molar-refractivity contribution < 1.29 is 49.4 Å². The number of rotatable bonds is 11. The summed E-state index contributed by atoms with van der Waals surface area (Å²) in [6.45, 7) is -0.965. The molecule has 3 aliphatic rings. The maximum atomic E-state index is 15.4. The van der Waals surface area contributed by atoms with Crippen LogP contribution in [0.2, 0.25) is 5.02 Å². The molecule has 0 bridgehead atoms. The van der Waals surface area contributed by atoms with E-state index in [9.17, 15) is 35.9 Å². The van der Waals surface area contributed by atoms with Crippen LogP contribution in [0.5, 0.6) is 5.75 Å². The molecule has 0 spiro atoms. The van der Waals surface area contributed by atoms with Crippen molar-refractivity contribution in [2.45, 2.75) is 49.9 Å². The highest BCUT2D eigenvalue weighted by atomic mass is 35.5. The molecule has 3 N–H and O–H groups in total. The van der Waals surface area contributed by atoms with E-state index in [0.717, 1.165) is 18.4 Å². The number of sulfonamides is 1. The lowest BCUT2D eigenvalue weighted by Crippen LogP contribution is -2.53. The van der Waals surface area contributed by atoms with Gasteiger partial charge in [-0.1, -0.05) is 11.6 Å². The first-order valence-electron chi connectivity index (χ1n) is 17.1. The molecule has 1 unspecified atom stereocenters. The van der Waals surface area contributed by atoms with Crippen LogP contribution in [0, 0.1) is 17.6 Å². The van der Waals surface area contributed by atoms with Crippen LogP contribution in [-0.2, 0) is 40.8 Å². The van der Waals surface area contributed by atoms with Crippen molar-refractivity contribution in [2.75, 3.05) is 23.0 Å². The number of aromatic nitrogens is 5. The standard InChI is InChI=1S/C35H30ClF6N9O5S/c1-49-29-23(5-4-20(36)26(29)32(47-49)48-57(3,54)55)51-33(45-21-10-17(56-2)12-43-27(21)34(51)53)22(8-14-6-15(37)9-16(38)7-14)44-24(52)13-50-30-25(28(46-50)31(39)40)18-11-19(18)35(30,41)42/h4-7,9-10,12,18-19,22,31,34,53H,8,11,13H2,1-3H3,(H,44,52)(H,47,48)/t18-,19+,22-,34?/m0/s1. The molecule has 4 atom stereocenters. The van der Waals surface area contributed by atoms with Gasteiger partial charge in [-0.15, -0.1) is 0 Å². The van der Waals surface area contributed by atoms with E-state index in [1.165, 1.54) is 48.1 Å². The van der Waals surface area contributed by atoms with Crippen molar-refractivity contribution >= 4 is 61.5 Å². The van der Waals surface area contributed by atoms with Crippen molar-refractivity contribution in [1.29, 1.82) is 0 Å². The number of methoxy groups -OCH3 is 1. The molecule has 14 nitrogen and oxygen atoms in total. The van der Waals surface area contributed by atoms with Gasteiger partial charge >= 0.3 is 0 Å². The zero-order chi connectivity index (χ0) is 40.9. The topological polar surface area (TPSA) is 169 Å².